The molecule has 0 spiro atoms. The van der Waals surface area contributed by atoms with Gasteiger partial charge in [-0.15, -0.1) is 0 Å². The van der Waals surface area contributed by atoms with Crippen LogP contribution in [0.25, 0.3) is 10.9 Å². The van der Waals surface area contributed by atoms with Crippen molar-refractivity contribution < 1.29 is 0 Å². The number of pyridine rings is 1. The summed E-state index contributed by atoms with van der Waals surface area (Å²) < 4.78 is 1.93. The first kappa shape index (κ1) is 12.8. The lowest BCUT2D eigenvalue weighted by Crippen LogP contribution is -2.18. The van der Waals surface area contributed by atoms with Crippen molar-refractivity contribution in [2.45, 2.75) is 19.5 Å². The molecule has 0 radical (unpaired) electrons. The summed E-state index contributed by atoms with van der Waals surface area (Å²) in [7, 11) is 1.98. The molecule has 1 atom stereocenters. The van der Waals surface area contributed by atoms with Gasteiger partial charge in [0.2, 0.25) is 0 Å². The van der Waals surface area contributed by atoms with Gasteiger partial charge >= 0.3 is 0 Å². The molecule has 0 unspecified atom stereocenters. The predicted molar refractivity (Wildman–Crippen MR) is 80.2 cm³/mol. The molecule has 3 aromatic rings. The number of aryl methyl sites for hydroxylation is 1. The molecule has 0 bridgehead atoms. The highest BCUT2D eigenvalue weighted by Crippen LogP contribution is 2.18. The van der Waals surface area contributed by atoms with Crippen molar-refractivity contribution in [3.8, 4) is 0 Å². The van der Waals surface area contributed by atoms with Gasteiger partial charge in [-0.1, -0.05) is 24.3 Å². The Balaban J connectivity index is 1.77. The Morgan fingerprint density at radius 3 is 2.85 bits per heavy atom. The van der Waals surface area contributed by atoms with Crippen LogP contribution in [0.4, 0.5) is 0 Å². The van der Waals surface area contributed by atoms with E-state index in [4.69, 9.17) is 0 Å². The third kappa shape index (κ3) is 2.42. The van der Waals surface area contributed by atoms with Crippen molar-refractivity contribution in [3.63, 3.8) is 0 Å². The molecule has 3 rings (SSSR count). The van der Waals surface area contributed by atoms with Crippen LogP contribution in [0.1, 0.15) is 24.2 Å². The van der Waals surface area contributed by atoms with Crippen LogP contribution < -0.4 is 5.32 Å². The van der Waals surface area contributed by atoms with Crippen LogP contribution in [0.15, 0.2) is 48.8 Å². The van der Waals surface area contributed by atoms with E-state index in [1.165, 1.54) is 16.5 Å². The Kier molecular flexibility index (Phi) is 3.48. The molecule has 0 fully saturated rings. The lowest BCUT2D eigenvalue weighted by molar-refractivity contribution is 0.562. The molecular formula is C16H18N4. The number of rotatable bonds is 4. The zero-order chi connectivity index (χ0) is 13.9. The summed E-state index contributed by atoms with van der Waals surface area (Å²) >= 11 is 0. The molecule has 0 saturated heterocycles. The molecule has 102 valence electrons. The molecule has 0 aliphatic heterocycles. The molecular weight excluding hydrogens is 248 g/mol. The molecule has 1 N–H and O–H groups in total. The number of para-hydroxylation sites is 1. The average molecular weight is 266 g/mol. The molecule has 0 amide bonds. The van der Waals surface area contributed by atoms with Gasteiger partial charge in [0.05, 0.1) is 11.2 Å². The van der Waals surface area contributed by atoms with Crippen molar-refractivity contribution in [1.29, 1.82) is 0 Å². The fraction of sp³-hybridized carbons (Fsp3) is 0.250. The summed E-state index contributed by atoms with van der Waals surface area (Å²) in [6.07, 6.45) is 3.69. The van der Waals surface area contributed by atoms with Gasteiger partial charge in [0, 0.05) is 37.4 Å². The Morgan fingerprint density at radius 1 is 1.20 bits per heavy atom. The SMILES string of the molecule is C[C@H](NCc1nn(C)c2ccccc12)c1cccnc1. The number of hydrogen-bond donors (Lipinski definition) is 1. The number of nitrogens with zero attached hydrogens (tertiary/aromatic N) is 3. The van der Waals surface area contributed by atoms with E-state index in [0.29, 0.717) is 0 Å². The maximum atomic E-state index is 4.59. The summed E-state index contributed by atoms with van der Waals surface area (Å²) in [6.45, 7) is 2.89. The van der Waals surface area contributed by atoms with Gasteiger partial charge in [0.25, 0.3) is 0 Å². The molecule has 0 saturated carbocycles. The van der Waals surface area contributed by atoms with E-state index < -0.39 is 0 Å². The lowest BCUT2D eigenvalue weighted by atomic mass is 10.1. The van der Waals surface area contributed by atoms with E-state index in [0.717, 1.165) is 12.2 Å². The standard InChI is InChI=1S/C16H18N4/c1-12(13-6-5-9-17-10-13)18-11-15-14-7-3-4-8-16(14)20(2)19-15/h3-10,12,18H,11H2,1-2H3/t12-/m0/s1. The fourth-order valence-corrected chi connectivity index (χ4v) is 2.42. The highest BCUT2D eigenvalue weighted by molar-refractivity contribution is 5.81. The minimum atomic E-state index is 0.254. The third-order valence-electron chi connectivity index (χ3n) is 3.59. The summed E-state index contributed by atoms with van der Waals surface area (Å²) in [6, 6.07) is 12.6. The maximum absolute atomic E-state index is 4.59. The van der Waals surface area contributed by atoms with Crippen LogP contribution in [0.2, 0.25) is 0 Å². The van der Waals surface area contributed by atoms with Crippen molar-refractivity contribution in [1.82, 2.24) is 20.1 Å². The molecule has 0 aliphatic carbocycles. The molecule has 0 aliphatic rings. The first-order valence-corrected chi connectivity index (χ1v) is 6.79. The second kappa shape index (κ2) is 5.43. The van der Waals surface area contributed by atoms with Gasteiger partial charge in [-0.2, -0.15) is 5.10 Å². The predicted octanol–water partition coefficient (Wildman–Crippen LogP) is 2.82. The Bertz CT molecular complexity index is 703. The average Bonchev–Trinajstić information content (AvgIpc) is 2.83. The van der Waals surface area contributed by atoms with Crippen LogP contribution in [0.3, 0.4) is 0 Å². The van der Waals surface area contributed by atoms with Crippen LogP contribution in [0, 0.1) is 0 Å². The molecule has 20 heavy (non-hydrogen) atoms. The van der Waals surface area contributed by atoms with Gasteiger partial charge in [-0.25, -0.2) is 0 Å². The quantitative estimate of drug-likeness (QED) is 0.789. The molecule has 4 heteroatoms. The number of nitrogens with one attached hydrogen (secondary N) is 1. The molecule has 1 aromatic carbocycles. The van der Waals surface area contributed by atoms with E-state index in [-0.39, 0.29) is 6.04 Å². The first-order valence-electron chi connectivity index (χ1n) is 6.79. The maximum Gasteiger partial charge on any atom is 0.0841 e. The summed E-state index contributed by atoms with van der Waals surface area (Å²) in [4.78, 5) is 4.16. The molecule has 4 nitrogen and oxygen atoms in total. The number of aromatic nitrogens is 3. The van der Waals surface area contributed by atoms with Crippen molar-refractivity contribution >= 4 is 10.9 Å². The van der Waals surface area contributed by atoms with E-state index >= 15 is 0 Å². The van der Waals surface area contributed by atoms with E-state index in [2.05, 4.69) is 46.6 Å². The number of benzene rings is 1. The smallest absolute Gasteiger partial charge is 0.0841 e. The van der Waals surface area contributed by atoms with E-state index in [1.807, 2.05) is 30.1 Å². The number of fused-ring (bicyclic) bond motifs is 1. The van der Waals surface area contributed by atoms with Crippen molar-refractivity contribution in [3.05, 3.63) is 60.0 Å². The normalized spacial score (nSPS) is 12.7. The van der Waals surface area contributed by atoms with Crippen molar-refractivity contribution in [2.24, 2.45) is 7.05 Å². The zero-order valence-electron chi connectivity index (χ0n) is 11.7. The Labute approximate surface area is 118 Å². The van der Waals surface area contributed by atoms with E-state index in [9.17, 15) is 0 Å². The number of hydrogen-bond acceptors (Lipinski definition) is 3. The topological polar surface area (TPSA) is 42.7 Å². The minimum absolute atomic E-state index is 0.254. The second-order valence-corrected chi connectivity index (χ2v) is 4.98. The second-order valence-electron chi connectivity index (χ2n) is 4.98. The molecule has 2 heterocycles. The van der Waals surface area contributed by atoms with Gasteiger partial charge < -0.3 is 5.32 Å². The highest BCUT2D eigenvalue weighted by atomic mass is 15.3. The summed E-state index contributed by atoms with van der Waals surface area (Å²) in [5, 5.41) is 9.31. The largest absolute Gasteiger partial charge is 0.304 e. The fourth-order valence-electron chi connectivity index (χ4n) is 2.42. The summed E-state index contributed by atoms with van der Waals surface area (Å²) in [5.74, 6) is 0. The Morgan fingerprint density at radius 2 is 2.05 bits per heavy atom. The lowest BCUT2D eigenvalue weighted by Gasteiger charge is -2.12. The van der Waals surface area contributed by atoms with Crippen LogP contribution >= 0.6 is 0 Å². The minimum Gasteiger partial charge on any atom is -0.304 e. The van der Waals surface area contributed by atoms with Gasteiger partial charge in [0.15, 0.2) is 0 Å². The van der Waals surface area contributed by atoms with Gasteiger partial charge in [-0.05, 0) is 24.6 Å². The third-order valence-corrected chi connectivity index (χ3v) is 3.59. The highest BCUT2D eigenvalue weighted by Gasteiger charge is 2.10. The van der Waals surface area contributed by atoms with Crippen LogP contribution in [-0.2, 0) is 13.6 Å². The monoisotopic (exact) mass is 266 g/mol. The zero-order valence-corrected chi connectivity index (χ0v) is 11.7. The first-order chi connectivity index (χ1) is 9.75. The van der Waals surface area contributed by atoms with E-state index in [1.54, 1.807) is 6.20 Å². The van der Waals surface area contributed by atoms with Crippen molar-refractivity contribution in [2.75, 3.05) is 0 Å². The Hall–Kier alpha value is -2.20. The molecule has 2 aromatic heterocycles. The van der Waals surface area contributed by atoms with Gasteiger partial charge in [-0.3, -0.25) is 9.67 Å². The van der Waals surface area contributed by atoms with Gasteiger partial charge in [0.1, 0.15) is 0 Å². The van der Waals surface area contributed by atoms with Crippen LogP contribution in [-0.4, -0.2) is 14.8 Å². The van der Waals surface area contributed by atoms with Crippen LogP contribution in [0.5, 0.6) is 0 Å². The summed E-state index contributed by atoms with van der Waals surface area (Å²) in [5.41, 5.74) is 3.44.